The van der Waals surface area contributed by atoms with E-state index >= 15 is 0 Å². The van der Waals surface area contributed by atoms with E-state index in [2.05, 4.69) is 69.0 Å². The van der Waals surface area contributed by atoms with Gasteiger partial charge in [-0.25, -0.2) is 4.98 Å². The normalized spacial score (nSPS) is 14.4. The molecule has 1 aliphatic heterocycles. The summed E-state index contributed by atoms with van der Waals surface area (Å²) in [6, 6.07) is 27.0. The Morgan fingerprint density at radius 3 is 2.39 bits per heavy atom. The number of benzene rings is 3. The van der Waals surface area contributed by atoms with E-state index in [0.717, 1.165) is 48.5 Å². The first-order valence-electron chi connectivity index (χ1n) is 9.48. The molecule has 140 valence electrons. The van der Waals surface area contributed by atoms with Crippen molar-refractivity contribution in [3.05, 3.63) is 95.0 Å². The number of para-hydroxylation sites is 2. The second-order valence-electron chi connectivity index (χ2n) is 7.22. The summed E-state index contributed by atoms with van der Waals surface area (Å²) in [5.74, 6) is 1.01. The van der Waals surface area contributed by atoms with E-state index in [0.29, 0.717) is 0 Å². The molecule has 0 atom stereocenters. The van der Waals surface area contributed by atoms with Crippen LogP contribution < -0.4 is 4.90 Å². The zero-order chi connectivity index (χ0) is 18.9. The highest BCUT2D eigenvalue weighted by molar-refractivity contribution is 6.31. The van der Waals surface area contributed by atoms with Crippen LogP contribution in [-0.4, -0.2) is 21.1 Å². The predicted molar refractivity (Wildman–Crippen MR) is 114 cm³/mol. The molecule has 28 heavy (non-hydrogen) atoms. The summed E-state index contributed by atoms with van der Waals surface area (Å²) in [4.78, 5) is 9.67. The molecule has 5 rings (SSSR count). The zero-order valence-corrected chi connectivity index (χ0v) is 16.3. The number of hydrogen-bond acceptors (Lipinski definition) is 3. The SMILES string of the molecule is Clc1ccccc1CN1CN(Cc2ccccc2)Cn2c1nc1ccccc12. The summed E-state index contributed by atoms with van der Waals surface area (Å²) in [5, 5.41) is 0.797. The molecule has 4 aromatic rings. The van der Waals surface area contributed by atoms with Crippen LogP contribution in [0.15, 0.2) is 78.9 Å². The average molecular weight is 389 g/mol. The van der Waals surface area contributed by atoms with Crippen LogP contribution in [-0.2, 0) is 19.8 Å². The van der Waals surface area contributed by atoms with Gasteiger partial charge in [-0.2, -0.15) is 0 Å². The van der Waals surface area contributed by atoms with Gasteiger partial charge >= 0.3 is 0 Å². The molecule has 5 heteroatoms. The van der Waals surface area contributed by atoms with Gasteiger partial charge in [-0.05, 0) is 29.3 Å². The molecular formula is C23H21ClN4. The highest BCUT2D eigenvalue weighted by atomic mass is 35.5. The summed E-state index contributed by atoms with van der Waals surface area (Å²) in [6.45, 7) is 3.26. The lowest BCUT2D eigenvalue weighted by atomic mass is 10.2. The van der Waals surface area contributed by atoms with Crippen LogP contribution >= 0.6 is 11.6 Å². The van der Waals surface area contributed by atoms with E-state index in [1.165, 1.54) is 11.1 Å². The Hall–Kier alpha value is -2.82. The Bertz CT molecular complexity index is 1110. The largest absolute Gasteiger partial charge is 0.325 e. The molecule has 0 saturated heterocycles. The fourth-order valence-corrected chi connectivity index (χ4v) is 4.08. The van der Waals surface area contributed by atoms with E-state index in [1.807, 2.05) is 24.3 Å². The van der Waals surface area contributed by atoms with Crippen LogP contribution in [0.1, 0.15) is 11.1 Å². The number of anilines is 1. The van der Waals surface area contributed by atoms with Crippen molar-refractivity contribution < 1.29 is 0 Å². The van der Waals surface area contributed by atoms with Crippen LogP contribution in [0.2, 0.25) is 5.02 Å². The fourth-order valence-electron chi connectivity index (χ4n) is 3.89. The third-order valence-corrected chi connectivity index (χ3v) is 5.57. The Balaban J connectivity index is 1.52. The quantitative estimate of drug-likeness (QED) is 0.484. The fraction of sp³-hybridized carbons (Fsp3) is 0.174. The third-order valence-electron chi connectivity index (χ3n) is 5.20. The van der Waals surface area contributed by atoms with Gasteiger partial charge in [-0.3, -0.25) is 9.47 Å². The number of hydrogen-bond donors (Lipinski definition) is 0. The minimum atomic E-state index is 0.730. The van der Waals surface area contributed by atoms with Gasteiger partial charge in [0.05, 0.1) is 24.4 Å². The molecule has 0 unspecified atom stereocenters. The third kappa shape index (κ3) is 3.26. The zero-order valence-electron chi connectivity index (χ0n) is 15.5. The van der Waals surface area contributed by atoms with Gasteiger partial charge in [0.1, 0.15) is 0 Å². The first-order valence-corrected chi connectivity index (χ1v) is 9.85. The van der Waals surface area contributed by atoms with E-state index in [1.54, 1.807) is 0 Å². The van der Waals surface area contributed by atoms with E-state index < -0.39 is 0 Å². The maximum Gasteiger partial charge on any atom is 0.209 e. The van der Waals surface area contributed by atoms with Gasteiger partial charge in [0.2, 0.25) is 5.95 Å². The monoisotopic (exact) mass is 388 g/mol. The number of fused-ring (bicyclic) bond motifs is 3. The van der Waals surface area contributed by atoms with E-state index in [9.17, 15) is 0 Å². The average Bonchev–Trinajstić information content (AvgIpc) is 3.10. The number of halogens is 1. The van der Waals surface area contributed by atoms with Gasteiger partial charge < -0.3 is 4.90 Å². The Morgan fingerprint density at radius 2 is 1.54 bits per heavy atom. The van der Waals surface area contributed by atoms with Gasteiger partial charge in [0.25, 0.3) is 0 Å². The second kappa shape index (κ2) is 7.30. The van der Waals surface area contributed by atoms with Gasteiger partial charge in [0.15, 0.2) is 0 Å². The first kappa shape index (κ1) is 17.3. The van der Waals surface area contributed by atoms with Crippen LogP contribution in [0.4, 0.5) is 5.95 Å². The standard InChI is InChI=1S/C23H21ClN4/c24-20-11-5-4-10-19(20)15-27-16-26(14-18-8-2-1-3-9-18)17-28-22-13-7-6-12-21(22)25-23(27)28/h1-13H,14-17H2. The predicted octanol–water partition coefficient (Wildman–Crippen LogP) is 5.13. The minimum Gasteiger partial charge on any atom is -0.325 e. The first-order chi connectivity index (χ1) is 13.8. The maximum atomic E-state index is 6.45. The van der Waals surface area contributed by atoms with E-state index in [4.69, 9.17) is 16.6 Å². The number of rotatable bonds is 4. The van der Waals surface area contributed by atoms with Gasteiger partial charge in [0, 0.05) is 18.1 Å². The lowest BCUT2D eigenvalue weighted by molar-refractivity contribution is 0.189. The molecule has 0 saturated carbocycles. The van der Waals surface area contributed by atoms with Crippen molar-refractivity contribution in [3.63, 3.8) is 0 Å². The van der Waals surface area contributed by atoms with Crippen LogP contribution in [0, 0.1) is 0 Å². The molecule has 0 spiro atoms. The van der Waals surface area contributed by atoms with Crippen molar-refractivity contribution in [2.45, 2.75) is 19.8 Å². The molecule has 4 nitrogen and oxygen atoms in total. The molecule has 1 aromatic heterocycles. The van der Waals surface area contributed by atoms with Crippen molar-refractivity contribution in [2.24, 2.45) is 0 Å². The highest BCUT2D eigenvalue weighted by Gasteiger charge is 2.26. The van der Waals surface area contributed by atoms with Crippen LogP contribution in [0.3, 0.4) is 0 Å². The topological polar surface area (TPSA) is 24.3 Å². The van der Waals surface area contributed by atoms with E-state index in [-0.39, 0.29) is 0 Å². The number of aromatic nitrogens is 2. The molecule has 0 N–H and O–H groups in total. The lowest BCUT2D eigenvalue weighted by Gasteiger charge is -2.37. The van der Waals surface area contributed by atoms with Crippen LogP contribution in [0.25, 0.3) is 11.0 Å². The minimum absolute atomic E-state index is 0.730. The summed E-state index contributed by atoms with van der Waals surface area (Å²) in [6.07, 6.45) is 0. The smallest absolute Gasteiger partial charge is 0.209 e. The Kier molecular flexibility index (Phi) is 4.51. The number of nitrogens with zero attached hydrogens (tertiary/aromatic N) is 4. The lowest BCUT2D eigenvalue weighted by Crippen LogP contribution is -2.44. The van der Waals surface area contributed by atoms with Crippen molar-refractivity contribution in [1.29, 1.82) is 0 Å². The summed E-state index contributed by atoms with van der Waals surface area (Å²) < 4.78 is 2.30. The van der Waals surface area contributed by atoms with Crippen molar-refractivity contribution in [3.8, 4) is 0 Å². The molecule has 0 fully saturated rings. The van der Waals surface area contributed by atoms with Crippen LogP contribution in [0.5, 0.6) is 0 Å². The molecule has 0 bridgehead atoms. The molecule has 0 radical (unpaired) electrons. The summed E-state index contributed by atoms with van der Waals surface area (Å²) in [5.41, 5.74) is 4.63. The summed E-state index contributed by atoms with van der Waals surface area (Å²) in [7, 11) is 0. The van der Waals surface area contributed by atoms with Crippen molar-refractivity contribution in [1.82, 2.24) is 14.5 Å². The molecule has 0 aliphatic carbocycles. The summed E-state index contributed by atoms with van der Waals surface area (Å²) >= 11 is 6.45. The second-order valence-corrected chi connectivity index (χ2v) is 7.62. The van der Waals surface area contributed by atoms with Crippen molar-refractivity contribution >= 4 is 28.6 Å². The maximum absolute atomic E-state index is 6.45. The molecular weight excluding hydrogens is 368 g/mol. The van der Waals surface area contributed by atoms with Crippen molar-refractivity contribution in [2.75, 3.05) is 11.6 Å². The van der Waals surface area contributed by atoms with Gasteiger partial charge in [-0.15, -0.1) is 0 Å². The Labute approximate surface area is 169 Å². The van der Waals surface area contributed by atoms with Gasteiger partial charge in [-0.1, -0.05) is 72.3 Å². The molecule has 3 aromatic carbocycles. The molecule has 2 heterocycles. The molecule has 0 amide bonds. The highest BCUT2D eigenvalue weighted by Crippen LogP contribution is 2.30. The Morgan fingerprint density at radius 1 is 0.786 bits per heavy atom. The molecule has 1 aliphatic rings. The number of imidazole rings is 1.